The van der Waals surface area contributed by atoms with E-state index in [1.807, 2.05) is 32.0 Å². The number of nitrogens with zero attached hydrogens (tertiary/aromatic N) is 3. The molecular formula is C27H41N5O5S. The molecule has 10 nitrogen and oxygen atoms in total. The molecule has 1 fully saturated rings. The van der Waals surface area contributed by atoms with E-state index in [0.29, 0.717) is 6.54 Å². The van der Waals surface area contributed by atoms with Crippen molar-refractivity contribution in [1.29, 1.82) is 0 Å². The van der Waals surface area contributed by atoms with Crippen molar-refractivity contribution in [3.63, 3.8) is 0 Å². The largest absolute Gasteiger partial charge is 0.477 e. The van der Waals surface area contributed by atoms with Crippen molar-refractivity contribution in [2.75, 3.05) is 57.7 Å². The van der Waals surface area contributed by atoms with Gasteiger partial charge in [-0.3, -0.25) is 10.2 Å². The number of β-amino-alcohol motifs (C(OH)–C–C–N with tert-alkyl or cyclic N) is 1. The van der Waals surface area contributed by atoms with Crippen LogP contribution in [0.25, 0.3) is 0 Å². The number of amides is 2. The van der Waals surface area contributed by atoms with E-state index in [0.717, 1.165) is 93.2 Å². The van der Waals surface area contributed by atoms with E-state index < -0.39 is 12.0 Å². The summed E-state index contributed by atoms with van der Waals surface area (Å²) in [5.41, 5.74) is 3.02. The Labute approximate surface area is 229 Å². The fourth-order valence-corrected chi connectivity index (χ4v) is 5.24. The molecule has 0 spiro atoms. The lowest BCUT2D eigenvalue weighted by Gasteiger charge is -2.34. The molecular weight excluding hydrogens is 506 g/mol. The van der Waals surface area contributed by atoms with E-state index in [-0.39, 0.29) is 29.7 Å². The minimum Gasteiger partial charge on any atom is -0.477 e. The van der Waals surface area contributed by atoms with Crippen molar-refractivity contribution in [3.8, 4) is 5.88 Å². The molecule has 210 valence electrons. The molecule has 0 unspecified atom stereocenters. The van der Waals surface area contributed by atoms with Gasteiger partial charge in [0.25, 0.3) is 0 Å². The lowest BCUT2D eigenvalue weighted by molar-refractivity contribution is 0.0693. The molecule has 1 aliphatic rings. The summed E-state index contributed by atoms with van der Waals surface area (Å²) in [6, 6.07) is 5.52. The minimum absolute atomic E-state index is 0.00446. The Morgan fingerprint density at radius 2 is 1.71 bits per heavy atom. The SMILES string of the molecule is Cc1ccc(COc2nsc(NC(=O)NCCCCCCCN3CCN(CCO)CC3)c2C(=O)O)c(C)c1. The quantitative estimate of drug-likeness (QED) is 0.249. The molecule has 2 aromatic rings. The number of aryl methyl sites for hydroxylation is 2. The van der Waals surface area contributed by atoms with Gasteiger partial charge in [0, 0.05) is 39.3 Å². The highest BCUT2D eigenvalue weighted by atomic mass is 32.1. The number of carboxylic acid groups (broad SMARTS) is 1. The molecule has 0 atom stereocenters. The summed E-state index contributed by atoms with van der Waals surface area (Å²) in [5.74, 6) is -1.19. The average molecular weight is 548 g/mol. The molecule has 38 heavy (non-hydrogen) atoms. The molecule has 0 aliphatic carbocycles. The molecule has 4 N–H and O–H groups in total. The average Bonchev–Trinajstić information content (AvgIpc) is 3.28. The summed E-state index contributed by atoms with van der Waals surface area (Å²) in [6.07, 6.45) is 5.35. The molecule has 11 heteroatoms. The highest BCUT2D eigenvalue weighted by Crippen LogP contribution is 2.31. The number of aromatic carboxylic acids is 1. The second-order valence-electron chi connectivity index (χ2n) is 9.77. The number of benzene rings is 1. The molecule has 1 aliphatic heterocycles. The fraction of sp³-hybridized carbons (Fsp3) is 0.593. The predicted molar refractivity (Wildman–Crippen MR) is 149 cm³/mol. The van der Waals surface area contributed by atoms with Gasteiger partial charge < -0.3 is 25.2 Å². The van der Waals surface area contributed by atoms with Crippen molar-refractivity contribution >= 4 is 28.5 Å². The van der Waals surface area contributed by atoms with Crippen molar-refractivity contribution in [2.45, 2.75) is 52.6 Å². The number of hydrogen-bond acceptors (Lipinski definition) is 8. The Bertz CT molecular complexity index is 1040. The second kappa shape index (κ2) is 15.6. The van der Waals surface area contributed by atoms with Crippen LogP contribution in [0.4, 0.5) is 9.80 Å². The monoisotopic (exact) mass is 547 g/mol. The van der Waals surface area contributed by atoms with Crippen LogP contribution in [0.2, 0.25) is 0 Å². The second-order valence-corrected chi connectivity index (χ2v) is 10.5. The molecule has 1 aromatic carbocycles. The van der Waals surface area contributed by atoms with Crippen LogP contribution < -0.4 is 15.4 Å². The number of ether oxygens (including phenoxy) is 1. The number of rotatable bonds is 15. The first-order chi connectivity index (χ1) is 18.4. The van der Waals surface area contributed by atoms with Crippen LogP contribution >= 0.6 is 11.5 Å². The number of carbonyl (C=O) groups is 2. The third-order valence-corrected chi connectivity index (χ3v) is 7.53. The number of urea groups is 1. The first kappa shape index (κ1) is 29.8. The van der Waals surface area contributed by atoms with Gasteiger partial charge in [-0.05, 0) is 55.9 Å². The predicted octanol–water partition coefficient (Wildman–Crippen LogP) is 3.72. The zero-order chi connectivity index (χ0) is 27.3. The summed E-state index contributed by atoms with van der Waals surface area (Å²) in [5, 5.41) is 24.3. The summed E-state index contributed by atoms with van der Waals surface area (Å²) in [6.45, 7) is 11.0. The molecule has 1 aromatic heterocycles. The van der Waals surface area contributed by atoms with Crippen LogP contribution in [-0.4, -0.2) is 88.8 Å². The van der Waals surface area contributed by atoms with E-state index in [2.05, 4.69) is 24.8 Å². The molecule has 2 amide bonds. The number of anilines is 1. The standard InChI is InChI=1S/C27H41N5O5S/c1-20-8-9-22(21(2)18-20)19-37-24-23(26(34)35)25(38-30-24)29-27(36)28-10-6-4-3-5-7-11-31-12-14-32(15-13-31)16-17-33/h8-9,18,33H,3-7,10-17,19H2,1-2H3,(H,34,35)(H2,28,29,36). The van der Waals surface area contributed by atoms with Crippen LogP contribution in [0.3, 0.4) is 0 Å². The van der Waals surface area contributed by atoms with E-state index in [1.54, 1.807) is 0 Å². The van der Waals surface area contributed by atoms with Gasteiger partial charge in [0.15, 0.2) is 5.56 Å². The minimum atomic E-state index is -1.20. The van der Waals surface area contributed by atoms with Crippen LogP contribution in [0.15, 0.2) is 18.2 Å². The molecule has 2 heterocycles. The Morgan fingerprint density at radius 1 is 1.03 bits per heavy atom. The van der Waals surface area contributed by atoms with Crippen LogP contribution in [0.1, 0.15) is 59.2 Å². The maximum absolute atomic E-state index is 12.3. The van der Waals surface area contributed by atoms with Crippen molar-refractivity contribution in [2.24, 2.45) is 0 Å². The first-order valence-corrected chi connectivity index (χ1v) is 14.2. The number of piperazine rings is 1. The molecule has 0 bridgehead atoms. The number of carboxylic acids is 1. The van der Waals surface area contributed by atoms with E-state index in [9.17, 15) is 14.7 Å². The zero-order valence-corrected chi connectivity index (χ0v) is 23.3. The van der Waals surface area contributed by atoms with Crippen molar-refractivity contribution < 1.29 is 24.5 Å². The summed E-state index contributed by atoms with van der Waals surface area (Å²) in [4.78, 5) is 29.0. The number of aliphatic hydroxyl groups is 1. The van der Waals surface area contributed by atoms with Gasteiger partial charge >= 0.3 is 12.0 Å². The van der Waals surface area contributed by atoms with Gasteiger partial charge in [0.2, 0.25) is 5.88 Å². The molecule has 0 radical (unpaired) electrons. The van der Waals surface area contributed by atoms with Gasteiger partial charge in [-0.25, -0.2) is 9.59 Å². The Balaban J connectivity index is 1.31. The maximum Gasteiger partial charge on any atom is 0.344 e. The van der Waals surface area contributed by atoms with Gasteiger partial charge in [-0.15, -0.1) is 0 Å². The van der Waals surface area contributed by atoms with Crippen LogP contribution in [0.5, 0.6) is 5.88 Å². The number of aromatic nitrogens is 1. The van der Waals surface area contributed by atoms with Gasteiger partial charge in [0.05, 0.1) is 6.61 Å². The smallest absolute Gasteiger partial charge is 0.344 e. The Hall–Kier alpha value is -2.73. The normalized spacial score (nSPS) is 14.4. The molecule has 1 saturated heterocycles. The lowest BCUT2D eigenvalue weighted by Crippen LogP contribution is -2.47. The number of carbonyl (C=O) groups excluding carboxylic acids is 1. The van der Waals surface area contributed by atoms with Gasteiger partial charge in [0.1, 0.15) is 11.6 Å². The molecule has 0 saturated carbocycles. The van der Waals surface area contributed by atoms with Crippen molar-refractivity contribution in [1.82, 2.24) is 19.5 Å². The highest BCUT2D eigenvalue weighted by Gasteiger charge is 2.23. The number of hydrogen-bond donors (Lipinski definition) is 4. The highest BCUT2D eigenvalue weighted by molar-refractivity contribution is 7.11. The zero-order valence-electron chi connectivity index (χ0n) is 22.5. The topological polar surface area (TPSA) is 127 Å². The van der Waals surface area contributed by atoms with Crippen molar-refractivity contribution in [3.05, 3.63) is 40.5 Å². The first-order valence-electron chi connectivity index (χ1n) is 13.4. The fourth-order valence-electron chi connectivity index (χ4n) is 4.52. The summed E-state index contributed by atoms with van der Waals surface area (Å²) < 4.78 is 9.82. The Morgan fingerprint density at radius 3 is 2.39 bits per heavy atom. The van der Waals surface area contributed by atoms with E-state index in [1.165, 1.54) is 6.42 Å². The van der Waals surface area contributed by atoms with E-state index in [4.69, 9.17) is 9.84 Å². The number of unbranched alkanes of at least 4 members (excludes halogenated alkanes) is 4. The maximum atomic E-state index is 12.3. The third-order valence-electron chi connectivity index (χ3n) is 6.78. The van der Waals surface area contributed by atoms with Crippen LogP contribution in [0, 0.1) is 13.8 Å². The van der Waals surface area contributed by atoms with Crippen LogP contribution in [-0.2, 0) is 6.61 Å². The van der Waals surface area contributed by atoms with Gasteiger partial charge in [-0.2, -0.15) is 4.37 Å². The summed E-state index contributed by atoms with van der Waals surface area (Å²) in [7, 11) is 0. The number of aliphatic hydroxyl groups excluding tert-OH is 1. The molecule has 3 rings (SSSR count). The summed E-state index contributed by atoms with van der Waals surface area (Å²) >= 11 is 0.896. The lowest BCUT2D eigenvalue weighted by atomic mass is 10.1. The Kier molecular flexibility index (Phi) is 12.3. The van der Waals surface area contributed by atoms with E-state index >= 15 is 0 Å². The number of nitrogens with one attached hydrogen (secondary N) is 2. The van der Waals surface area contributed by atoms with Gasteiger partial charge in [-0.1, -0.05) is 43.0 Å². The third kappa shape index (κ3) is 9.54.